The van der Waals surface area contributed by atoms with Crippen molar-refractivity contribution >= 4 is 5.97 Å². The SMILES string of the molecule is C=CCC(c1cccc(OC(=O)C(C)(C)C)c1)c1ccccc1OC. The molecular formula is C22H26O3. The molecule has 0 amide bonds. The van der Waals surface area contributed by atoms with E-state index in [1.165, 1.54) is 0 Å². The fourth-order valence-corrected chi connectivity index (χ4v) is 2.62. The van der Waals surface area contributed by atoms with Gasteiger partial charge in [0.2, 0.25) is 0 Å². The Morgan fingerprint density at radius 1 is 1.16 bits per heavy atom. The van der Waals surface area contributed by atoms with Crippen molar-refractivity contribution in [3.05, 3.63) is 72.3 Å². The highest BCUT2D eigenvalue weighted by molar-refractivity contribution is 5.77. The fraction of sp³-hybridized carbons (Fsp3) is 0.318. The zero-order valence-corrected chi connectivity index (χ0v) is 15.4. The minimum Gasteiger partial charge on any atom is -0.496 e. The number of carbonyl (C=O) groups is 1. The molecule has 0 heterocycles. The van der Waals surface area contributed by atoms with Crippen LogP contribution in [0, 0.1) is 5.41 Å². The van der Waals surface area contributed by atoms with Crippen LogP contribution in [0.15, 0.2) is 61.2 Å². The number of para-hydroxylation sites is 1. The van der Waals surface area contributed by atoms with E-state index in [0.29, 0.717) is 5.75 Å². The summed E-state index contributed by atoms with van der Waals surface area (Å²) in [5.41, 5.74) is 1.60. The monoisotopic (exact) mass is 338 g/mol. The van der Waals surface area contributed by atoms with Gasteiger partial charge in [0.25, 0.3) is 0 Å². The smallest absolute Gasteiger partial charge is 0.316 e. The minimum atomic E-state index is -0.542. The maximum atomic E-state index is 12.2. The van der Waals surface area contributed by atoms with E-state index in [-0.39, 0.29) is 11.9 Å². The number of methoxy groups -OCH3 is 1. The highest BCUT2D eigenvalue weighted by Crippen LogP contribution is 2.36. The Kier molecular flexibility index (Phi) is 6.02. The summed E-state index contributed by atoms with van der Waals surface area (Å²) in [6.07, 6.45) is 2.65. The number of hydrogen-bond donors (Lipinski definition) is 0. The Labute approximate surface area is 150 Å². The zero-order valence-electron chi connectivity index (χ0n) is 15.4. The van der Waals surface area contributed by atoms with E-state index < -0.39 is 5.41 Å². The van der Waals surface area contributed by atoms with Crippen molar-refractivity contribution in [1.82, 2.24) is 0 Å². The van der Waals surface area contributed by atoms with E-state index in [2.05, 4.69) is 12.6 Å². The van der Waals surface area contributed by atoms with Crippen molar-refractivity contribution in [2.24, 2.45) is 5.41 Å². The molecule has 0 aromatic heterocycles. The predicted molar refractivity (Wildman–Crippen MR) is 101 cm³/mol. The van der Waals surface area contributed by atoms with Crippen LogP contribution in [0.4, 0.5) is 0 Å². The van der Waals surface area contributed by atoms with Crippen LogP contribution >= 0.6 is 0 Å². The normalized spacial score (nSPS) is 12.3. The lowest BCUT2D eigenvalue weighted by Gasteiger charge is -2.21. The van der Waals surface area contributed by atoms with Crippen molar-refractivity contribution in [3.63, 3.8) is 0 Å². The second-order valence-electron chi connectivity index (χ2n) is 7.03. The minimum absolute atomic E-state index is 0.0851. The largest absolute Gasteiger partial charge is 0.496 e. The molecular weight excluding hydrogens is 312 g/mol. The van der Waals surface area contributed by atoms with Crippen LogP contribution < -0.4 is 9.47 Å². The van der Waals surface area contributed by atoms with E-state index in [0.717, 1.165) is 23.3 Å². The van der Waals surface area contributed by atoms with Gasteiger partial charge in [-0.1, -0.05) is 36.4 Å². The van der Waals surface area contributed by atoms with Crippen molar-refractivity contribution in [2.45, 2.75) is 33.1 Å². The summed E-state index contributed by atoms with van der Waals surface area (Å²) in [7, 11) is 1.67. The Bertz CT molecular complexity index is 741. The van der Waals surface area contributed by atoms with Crippen molar-refractivity contribution in [3.8, 4) is 11.5 Å². The quantitative estimate of drug-likeness (QED) is 0.404. The number of rotatable bonds is 6. The summed E-state index contributed by atoms with van der Waals surface area (Å²) in [5.74, 6) is 1.23. The van der Waals surface area contributed by atoms with Crippen LogP contribution in [0.2, 0.25) is 0 Å². The van der Waals surface area contributed by atoms with E-state index in [4.69, 9.17) is 9.47 Å². The molecule has 25 heavy (non-hydrogen) atoms. The van der Waals surface area contributed by atoms with Crippen molar-refractivity contribution < 1.29 is 14.3 Å². The van der Waals surface area contributed by atoms with Gasteiger partial charge in [-0.2, -0.15) is 0 Å². The molecule has 0 fully saturated rings. The van der Waals surface area contributed by atoms with Crippen LogP contribution in [0.25, 0.3) is 0 Å². The first-order chi connectivity index (χ1) is 11.9. The van der Waals surface area contributed by atoms with Gasteiger partial charge < -0.3 is 9.47 Å². The average molecular weight is 338 g/mol. The van der Waals surface area contributed by atoms with Crippen LogP contribution in [-0.2, 0) is 4.79 Å². The molecule has 0 N–H and O–H groups in total. The van der Waals surface area contributed by atoms with E-state index >= 15 is 0 Å². The first-order valence-electron chi connectivity index (χ1n) is 8.43. The first kappa shape index (κ1) is 18.8. The average Bonchev–Trinajstić information content (AvgIpc) is 2.59. The molecule has 0 saturated carbocycles. The number of benzene rings is 2. The molecule has 3 nitrogen and oxygen atoms in total. The lowest BCUT2D eigenvalue weighted by atomic mass is 9.88. The van der Waals surface area contributed by atoms with Crippen LogP contribution in [0.1, 0.15) is 44.2 Å². The van der Waals surface area contributed by atoms with Gasteiger partial charge >= 0.3 is 5.97 Å². The van der Waals surface area contributed by atoms with Crippen LogP contribution in [0.5, 0.6) is 11.5 Å². The van der Waals surface area contributed by atoms with Crippen LogP contribution in [0.3, 0.4) is 0 Å². The molecule has 1 unspecified atom stereocenters. The third-order valence-corrected chi connectivity index (χ3v) is 4.00. The number of carbonyl (C=O) groups excluding carboxylic acids is 1. The summed E-state index contributed by atoms with van der Waals surface area (Å²) >= 11 is 0. The third-order valence-electron chi connectivity index (χ3n) is 4.00. The molecule has 0 saturated heterocycles. The Morgan fingerprint density at radius 2 is 1.88 bits per heavy atom. The van der Waals surface area contributed by atoms with Gasteiger partial charge in [0.05, 0.1) is 12.5 Å². The number of allylic oxidation sites excluding steroid dienone is 1. The molecule has 0 aliphatic rings. The number of ether oxygens (including phenoxy) is 2. The molecule has 3 heteroatoms. The maximum Gasteiger partial charge on any atom is 0.316 e. The van der Waals surface area contributed by atoms with Gasteiger partial charge in [-0.3, -0.25) is 4.79 Å². The molecule has 0 bridgehead atoms. The van der Waals surface area contributed by atoms with Gasteiger partial charge in [-0.05, 0) is 51.0 Å². The Balaban J connectivity index is 2.38. The maximum absolute atomic E-state index is 12.2. The second-order valence-corrected chi connectivity index (χ2v) is 7.03. The Hall–Kier alpha value is -2.55. The van der Waals surface area contributed by atoms with Gasteiger partial charge in [-0.15, -0.1) is 6.58 Å². The molecule has 0 aliphatic heterocycles. The molecule has 132 valence electrons. The second kappa shape index (κ2) is 8.02. The number of esters is 1. The molecule has 1 atom stereocenters. The predicted octanol–water partition coefficient (Wildman–Crippen LogP) is 5.35. The molecule has 2 aromatic carbocycles. The topological polar surface area (TPSA) is 35.5 Å². The van der Waals surface area contributed by atoms with Gasteiger partial charge in [-0.25, -0.2) is 0 Å². The standard InChI is InChI=1S/C22H26O3/c1-6-10-18(19-13-7-8-14-20(19)24-5)16-11-9-12-17(15-16)25-21(23)22(2,3)4/h6-9,11-15,18H,1,10H2,2-5H3. The van der Waals surface area contributed by atoms with Gasteiger partial charge in [0.15, 0.2) is 0 Å². The van der Waals surface area contributed by atoms with Gasteiger partial charge in [0.1, 0.15) is 11.5 Å². The molecule has 2 rings (SSSR count). The fourth-order valence-electron chi connectivity index (χ4n) is 2.62. The lowest BCUT2D eigenvalue weighted by molar-refractivity contribution is -0.143. The van der Waals surface area contributed by atoms with Crippen molar-refractivity contribution in [1.29, 1.82) is 0 Å². The Morgan fingerprint density at radius 3 is 2.52 bits per heavy atom. The highest BCUT2D eigenvalue weighted by atomic mass is 16.5. The summed E-state index contributed by atoms with van der Waals surface area (Å²) in [6.45, 7) is 9.41. The van der Waals surface area contributed by atoms with Crippen molar-refractivity contribution in [2.75, 3.05) is 7.11 Å². The first-order valence-corrected chi connectivity index (χ1v) is 8.43. The van der Waals surface area contributed by atoms with E-state index in [9.17, 15) is 4.79 Å². The third kappa shape index (κ3) is 4.72. The summed E-state index contributed by atoms with van der Waals surface area (Å²) in [5, 5.41) is 0. The lowest BCUT2D eigenvalue weighted by Crippen LogP contribution is -2.25. The summed E-state index contributed by atoms with van der Waals surface area (Å²) < 4.78 is 11.1. The van der Waals surface area contributed by atoms with Crippen LogP contribution in [-0.4, -0.2) is 13.1 Å². The number of hydrogen-bond acceptors (Lipinski definition) is 3. The van der Waals surface area contributed by atoms with Gasteiger partial charge in [0, 0.05) is 11.5 Å². The molecule has 2 aromatic rings. The highest BCUT2D eigenvalue weighted by Gasteiger charge is 2.24. The summed E-state index contributed by atoms with van der Waals surface area (Å²) in [4.78, 5) is 12.2. The molecule has 0 radical (unpaired) electrons. The molecule has 0 aliphatic carbocycles. The van der Waals surface area contributed by atoms with E-state index in [1.54, 1.807) is 13.2 Å². The summed E-state index contributed by atoms with van der Waals surface area (Å²) in [6, 6.07) is 15.6. The zero-order chi connectivity index (χ0) is 18.4. The van der Waals surface area contributed by atoms with E-state index in [1.807, 2.05) is 63.2 Å². The molecule has 0 spiro atoms.